The quantitative estimate of drug-likeness (QED) is 0.214. The van der Waals surface area contributed by atoms with Crippen LogP contribution in [-0.4, -0.2) is 21.5 Å². The van der Waals surface area contributed by atoms with Crippen molar-refractivity contribution >= 4 is 62.0 Å². The van der Waals surface area contributed by atoms with Gasteiger partial charge in [0.15, 0.2) is 0 Å². The number of benzene rings is 3. The van der Waals surface area contributed by atoms with Gasteiger partial charge in [-0.2, -0.15) is 0 Å². The van der Waals surface area contributed by atoms with E-state index in [9.17, 15) is 0 Å². The lowest BCUT2D eigenvalue weighted by Crippen LogP contribution is -2.31. The van der Waals surface area contributed by atoms with Crippen molar-refractivity contribution in [2.24, 2.45) is 0 Å². The van der Waals surface area contributed by atoms with Crippen molar-refractivity contribution < 1.29 is 9.31 Å². The summed E-state index contributed by atoms with van der Waals surface area (Å²) in [6, 6.07) is 24.7. The first kappa shape index (κ1) is 17.4. The summed E-state index contributed by atoms with van der Waals surface area (Å²) in [6.45, 7) is 7.71. The molecule has 150 valence electrons. The van der Waals surface area contributed by atoms with E-state index in [1.807, 2.05) is 42.5 Å². The first-order chi connectivity index (χ1) is 15.7. The van der Waals surface area contributed by atoms with E-state index in [4.69, 9.17) is 19.3 Å². The van der Waals surface area contributed by atoms with Gasteiger partial charge in [0.25, 0.3) is 0 Å². The van der Waals surface area contributed by atoms with Crippen molar-refractivity contribution in [3.63, 3.8) is 0 Å². The van der Waals surface area contributed by atoms with Gasteiger partial charge in [-0.05, 0) is 36.4 Å². The SMILES string of the molecule is C=C1OB(c2ccc3c(c2)c2nc4ccccc4cc2c2nc4ccccc4n32)OC1=C. The van der Waals surface area contributed by atoms with Crippen LogP contribution in [0.15, 0.2) is 97.5 Å². The maximum atomic E-state index is 5.78. The maximum absolute atomic E-state index is 5.78. The van der Waals surface area contributed by atoms with E-state index in [0.29, 0.717) is 11.5 Å². The number of rotatable bonds is 1. The summed E-state index contributed by atoms with van der Waals surface area (Å²) in [5, 5.41) is 3.10. The monoisotopic (exact) mass is 413 g/mol. The lowest BCUT2D eigenvalue weighted by molar-refractivity contribution is 0.431. The molecule has 1 aliphatic rings. The molecule has 1 fully saturated rings. The Morgan fingerprint density at radius 3 is 2.31 bits per heavy atom. The molecule has 0 spiro atoms. The van der Waals surface area contributed by atoms with Gasteiger partial charge in [0, 0.05) is 21.6 Å². The summed E-state index contributed by atoms with van der Waals surface area (Å²) in [6.07, 6.45) is 0. The highest BCUT2D eigenvalue weighted by Crippen LogP contribution is 2.33. The molecule has 3 aromatic carbocycles. The van der Waals surface area contributed by atoms with Crippen LogP contribution in [0.3, 0.4) is 0 Å². The van der Waals surface area contributed by atoms with E-state index in [-0.39, 0.29) is 0 Å². The third kappa shape index (κ3) is 2.29. The largest absolute Gasteiger partial charge is 0.632 e. The maximum Gasteiger partial charge on any atom is 0.632 e. The Balaban J connectivity index is 1.66. The summed E-state index contributed by atoms with van der Waals surface area (Å²) in [5.41, 5.74) is 6.68. The normalized spacial score (nSPS) is 14.2. The number of nitrogens with zero attached hydrogens (tertiary/aromatic N) is 3. The van der Waals surface area contributed by atoms with E-state index in [2.05, 4.69) is 47.9 Å². The Kier molecular flexibility index (Phi) is 3.32. The van der Waals surface area contributed by atoms with E-state index >= 15 is 0 Å². The second-order valence-corrected chi connectivity index (χ2v) is 8.03. The highest BCUT2D eigenvalue weighted by atomic mass is 16.6. The minimum atomic E-state index is -0.565. The van der Waals surface area contributed by atoms with Crippen molar-refractivity contribution in [3.05, 3.63) is 97.5 Å². The smallest absolute Gasteiger partial charge is 0.520 e. The molecule has 0 bridgehead atoms. The summed E-state index contributed by atoms with van der Waals surface area (Å²) in [5.74, 6) is 0.917. The Morgan fingerprint density at radius 2 is 1.47 bits per heavy atom. The van der Waals surface area contributed by atoms with Crippen LogP contribution in [0.4, 0.5) is 0 Å². The van der Waals surface area contributed by atoms with Gasteiger partial charge in [-0.15, -0.1) is 0 Å². The zero-order chi connectivity index (χ0) is 21.4. The molecule has 3 aromatic heterocycles. The van der Waals surface area contributed by atoms with Crippen LogP contribution in [0, 0.1) is 0 Å². The molecule has 0 atom stereocenters. The van der Waals surface area contributed by atoms with Crippen molar-refractivity contribution in [2.75, 3.05) is 0 Å². The Bertz CT molecular complexity index is 1770. The first-order valence-corrected chi connectivity index (χ1v) is 10.4. The van der Waals surface area contributed by atoms with E-state index in [1.165, 1.54) is 0 Å². The Morgan fingerprint density at radius 1 is 0.719 bits per heavy atom. The summed E-state index contributed by atoms with van der Waals surface area (Å²) in [7, 11) is -0.565. The molecular formula is C26H16BN3O2. The van der Waals surface area contributed by atoms with E-state index in [1.54, 1.807) is 0 Å². The van der Waals surface area contributed by atoms with Crippen molar-refractivity contribution in [2.45, 2.75) is 0 Å². The molecule has 1 saturated heterocycles. The van der Waals surface area contributed by atoms with Gasteiger partial charge in [-0.25, -0.2) is 9.97 Å². The van der Waals surface area contributed by atoms with Gasteiger partial charge < -0.3 is 9.31 Å². The molecule has 0 radical (unpaired) electrons. The predicted molar refractivity (Wildman–Crippen MR) is 129 cm³/mol. The van der Waals surface area contributed by atoms with Crippen LogP contribution < -0.4 is 5.46 Å². The van der Waals surface area contributed by atoms with E-state index < -0.39 is 7.12 Å². The number of para-hydroxylation sites is 3. The molecule has 0 unspecified atom stereocenters. The zero-order valence-corrected chi connectivity index (χ0v) is 17.1. The van der Waals surface area contributed by atoms with Crippen molar-refractivity contribution in [1.29, 1.82) is 0 Å². The van der Waals surface area contributed by atoms with Crippen LogP contribution in [0.5, 0.6) is 0 Å². The molecule has 0 amide bonds. The Labute approximate surface area is 183 Å². The van der Waals surface area contributed by atoms with Gasteiger partial charge in [0.2, 0.25) is 0 Å². The summed E-state index contributed by atoms with van der Waals surface area (Å²) < 4.78 is 13.8. The van der Waals surface area contributed by atoms with Crippen LogP contribution in [-0.2, 0) is 9.31 Å². The van der Waals surface area contributed by atoms with Crippen molar-refractivity contribution in [3.8, 4) is 0 Å². The first-order valence-electron chi connectivity index (χ1n) is 10.4. The van der Waals surface area contributed by atoms with Crippen LogP contribution in [0.25, 0.3) is 49.4 Å². The third-order valence-electron chi connectivity index (χ3n) is 6.12. The molecule has 7 rings (SSSR count). The number of imidazole rings is 1. The minimum Gasteiger partial charge on any atom is -0.520 e. The topological polar surface area (TPSA) is 48.7 Å². The summed E-state index contributed by atoms with van der Waals surface area (Å²) in [4.78, 5) is 10.0. The minimum absolute atomic E-state index is 0.458. The lowest BCUT2D eigenvalue weighted by Gasteiger charge is -2.12. The third-order valence-corrected chi connectivity index (χ3v) is 6.12. The fraction of sp³-hybridized carbons (Fsp3) is 0. The number of hydrogen-bond donors (Lipinski definition) is 0. The highest BCUT2D eigenvalue weighted by Gasteiger charge is 2.34. The molecule has 1 aliphatic heterocycles. The number of hydrogen-bond acceptors (Lipinski definition) is 4. The zero-order valence-electron chi connectivity index (χ0n) is 17.1. The molecule has 5 nitrogen and oxygen atoms in total. The van der Waals surface area contributed by atoms with E-state index in [0.717, 1.165) is 54.9 Å². The molecule has 32 heavy (non-hydrogen) atoms. The average Bonchev–Trinajstić information content (AvgIpc) is 3.38. The highest BCUT2D eigenvalue weighted by molar-refractivity contribution is 6.63. The molecular weight excluding hydrogens is 397 g/mol. The number of aromatic nitrogens is 3. The molecule has 6 aromatic rings. The summed E-state index contributed by atoms with van der Waals surface area (Å²) >= 11 is 0. The molecule has 0 saturated carbocycles. The van der Waals surface area contributed by atoms with Gasteiger partial charge >= 0.3 is 7.12 Å². The standard InChI is InChI=1S/C26H16BN3O2/c1-15-16(2)32-27(31-15)18-11-12-23-19(14-18)25-20(13-17-7-3-4-8-21(17)28-25)26-29-22-9-5-6-10-24(22)30(23)26/h3-14H,1-2H2. The van der Waals surface area contributed by atoms with Gasteiger partial charge in [-0.1, -0.05) is 49.6 Å². The second kappa shape index (κ2) is 6.11. The fourth-order valence-corrected chi connectivity index (χ4v) is 4.58. The predicted octanol–water partition coefficient (Wildman–Crippen LogP) is 5.11. The molecule has 6 heteroatoms. The lowest BCUT2D eigenvalue weighted by atomic mass is 9.78. The second-order valence-electron chi connectivity index (χ2n) is 8.03. The fourth-order valence-electron chi connectivity index (χ4n) is 4.58. The van der Waals surface area contributed by atoms with Crippen LogP contribution in [0.1, 0.15) is 0 Å². The van der Waals surface area contributed by atoms with Gasteiger partial charge in [0.1, 0.15) is 17.2 Å². The number of pyridine rings is 2. The van der Waals surface area contributed by atoms with Crippen LogP contribution >= 0.6 is 0 Å². The average molecular weight is 413 g/mol. The number of fused-ring (bicyclic) bond motifs is 9. The van der Waals surface area contributed by atoms with Crippen LogP contribution in [0.2, 0.25) is 0 Å². The van der Waals surface area contributed by atoms with Gasteiger partial charge in [0.05, 0.1) is 27.6 Å². The molecule has 4 heterocycles. The molecule has 0 N–H and O–H groups in total. The van der Waals surface area contributed by atoms with Gasteiger partial charge in [-0.3, -0.25) is 4.40 Å². The molecule has 0 aliphatic carbocycles. The van der Waals surface area contributed by atoms with Crippen molar-refractivity contribution in [1.82, 2.24) is 14.4 Å². The Hall–Kier alpha value is -4.32.